The highest BCUT2D eigenvalue weighted by atomic mass is 14.9. The zero-order valence-electron chi connectivity index (χ0n) is 24.5. The summed E-state index contributed by atoms with van der Waals surface area (Å²) in [6, 6.07) is 44.2. The van der Waals surface area contributed by atoms with Crippen molar-refractivity contribution < 1.29 is 0 Å². The number of rotatable bonds is 6. The Morgan fingerprint density at radius 2 is 1.14 bits per heavy atom. The van der Waals surface area contributed by atoms with Crippen LogP contribution in [0.3, 0.4) is 0 Å². The van der Waals surface area contributed by atoms with E-state index in [1.54, 1.807) is 0 Å². The summed E-state index contributed by atoms with van der Waals surface area (Å²) in [4.78, 5) is 0. The van der Waals surface area contributed by atoms with Crippen molar-refractivity contribution in [3.8, 4) is 11.1 Å². The number of anilines is 2. The van der Waals surface area contributed by atoms with E-state index in [0.29, 0.717) is 0 Å². The van der Waals surface area contributed by atoms with Gasteiger partial charge in [0.25, 0.3) is 0 Å². The van der Waals surface area contributed by atoms with Crippen LogP contribution in [0.2, 0.25) is 0 Å². The van der Waals surface area contributed by atoms with Crippen molar-refractivity contribution in [1.82, 2.24) is 0 Å². The van der Waals surface area contributed by atoms with Gasteiger partial charge in [0.15, 0.2) is 0 Å². The van der Waals surface area contributed by atoms with Crippen LogP contribution in [-0.4, -0.2) is 0 Å². The predicted octanol–water partition coefficient (Wildman–Crippen LogP) is 10.6. The van der Waals surface area contributed by atoms with Crippen LogP contribution in [0.1, 0.15) is 54.2 Å². The van der Waals surface area contributed by atoms with Gasteiger partial charge in [-0.3, -0.25) is 0 Å². The smallest absolute Gasteiger partial charge is 0.0714 e. The summed E-state index contributed by atoms with van der Waals surface area (Å²) in [6.07, 6.45) is 6.44. The molecule has 0 atom stereocenters. The molecule has 0 bridgehead atoms. The summed E-state index contributed by atoms with van der Waals surface area (Å²) in [6.45, 7) is 11.0. The first-order chi connectivity index (χ1) is 20.5. The minimum Gasteiger partial charge on any atom is -0.356 e. The number of fused-ring (bicyclic) bond motifs is 4. The Hall–Kier alpha value is -4.88. The van der Waals surface area contributed by atoms with Crippen LogP contribution in [0.15, 0.2) is 152 Å². The molecule has 1 nitrogen and oxygen atoms in total. The van der Waals surface area contributed by atoms with Gasteiger partial charge in [0.2, 0.25) is 0 Å². The van der Waals surface area contributed by atoms with Crippen LogP contribution < -0.4 is 5.32 Å². The van der Waals surface area contributed by atoms with Crippen molar-refractivity contribution in [3.63, 3.8) is 0 Å². The molecule has 1 heteroatoms. The van der Waals surface area contributed by atoms with Crippen molar-refractivity contribution in [2.75, 3.05) is 5.32 Å². The molecule has 0 unspecified atom stereocenters. The Balaban J connectivity index is 1.39. The second-order valence-corrected chi connectivity index (χ2v) is 11.8. The molecule has 7 rings (SSSR count). The van der Waals surface area contributed by atoms with Crippen LogP contribution in [0.5, 0.6) is 0 Å². The maximum absolute atomic E-state index is 4.27. The zero-order valence-corrected chi connectivity index (χ0v) is 24.5. The fraction of sp³-hybridized carbons (Fsp3) is 0.122. The second-order valence-electron chi connectivity index (χ2n) is 11.8. The van der Waals surface area contributed by atoms with E-state index in [1.165, 1.54) is 55.7 Å². The van der Waals surface area contributed by atoms with Crippen molar-refractivity contribution in [2.24, 2.45) is 0 Å². The molecule has 1 N–H and O–H groups in total. The summed E-state index contributed by atoms with van der Waals surface area (Å²) in [5.74, 6) is 0. The standard InChI is InChI=1S/C41H35N/c1-5-15-37-32(6-2)34-24-22-31(27-39(34)41(37,28-16-9-7-10-17-28)29-18-11-8-12-19-29)42-30-23-25-35-33-20-13-14-21-36(33)40(3,4)38(35)26-30/h5-27,42H,2H2,1,3-4H3/b15-5-. The van der Waals surface area contributed by atoms with Crippen LogP contribution in [0.25, 0.3) is 16.7 Å². The molecule has 0 spiro atoms. The number of benzene rings is 5. The van der Waals surface area contributed by atoms with Gasteiger partial charge in [-0.05, 0) is 86.8 Å². The molecule has 2 aliphatic carbocycles. The normalized spacial score (nSPS) is 15.8. The molecular weight excluding hydrogens is 506 g/mol. The minimum absolute atomic E-state index is 0.0402. The lowest BCUT2D eigenvalue weighted by Gasteiger charge is -2.35. The highest BCUT2D eigenvalue weighted by Crippen LogP contribution is 2.56. The van der Waals surface area contributed by atoms with E-state index in [4.69, 9.17) is 0 Å². The van der Waals surface area contributed by atoms with Crippen LogP contribution >= 0.6 is 0 Å². The first-order valence-electron chi connectivity index (χ1n) is 14.8. The summed E-state index contributed by atoms with van der Waals surface area (Å²) in [5.41, 5.74) is 14.5. The van der Waals surface area contributed by atoms with Gasteiger partial charge in [-0.1, -0.05) is 136 Å². The van der Waals surface area contributed by atoms with Crippen LogP contribution in [-0.2, 0) is 10.8 Å². The second kappa shape index (κ2) is 9.89. The molecule has 2 aliphatic rings. The average Bonchev–Trinajstić information content (AvgIpc) is 3.43. The first-order valence-corrected chi connectivity index (χ1v) is 14.8. The summed E-state index contributed by atoms with van der Waals surface area (Å²) < 4.78 is 0. The van der Waals surface area contributed by atoms with E-state index in [2.05, 4.69) is 166 Å². The van der Waals surface area contributed by atoms with Gasteiger partial charge in [0.1, 0.15) is 0 Å². The van der Waals surface area contributed by atoms with E-state index >= 15 is 0 Å². The fourth-order valence-electron chi connectivity index (χ4n) is 7.37. The summed E-state index contributed by atoms with van der Waals surface area (Å²) >= 11 is 0. The lowest BCUT2D eigenvalue weighted by atomic mass is 9.66. The van der Waals surface area contributed by atoms with Crippen LogP contribution in [0.4, 0.5) is 11.4 Å². The SMILES string of the molecule is C=CC1=C(/C=C\C)C(c2ccccc2)(c2ccccc2)c2cc(Nc3ccc4c(c3)C(C)(C)c3ccccc3-4)ccc21. The highest BCUT2D eigenvalue weighted by molar-refractivity contribution is 5.93. The Bertz CT molecular complexity index is 1850. The van der Waals surface area contributed by atoms with Gasteiger partial charge < -0.3 is 5.32 Å². The van der Waals surface area contributed by atoms with Gasteiger partial charge in [-0.25, -0.2) is 0 Å². The van der Waals surface area contributed by atoms with Crippen molar-refractivity contribution >= 4 is 16.9 Å². The Morgan fingerprint density at radius 1 is 0.595 bits per heavy atom. The number of nitrogens with one attached hydrogen (secondary N) is 1. The number of hydrogen-bond donors (Lipinski definition) is 1. The van der Waals surface area contributed by atoms with E-state index in [1.807, 2.05) is 6.08 Å². The lowest BCUT2D eigenvalue weighted by molar-refractivity contribution is 0.660. The maximum Gasteiger partial charge on any atom is 0.0714 e. The molecule has 0 heterocycles. The number of hydrogen-bond acceptors (Lipinski definition) is 1. The van der Waals surface area contributed by atoms with Gasteiger partial charge in [-0.2, -0.15) is 0 Å². The Labute approximate surface area is 249 Å². The summed E-state index contributed by atoms with van der Waals surface area (Å²) in [7, 11) is 0. The van der Waals surface area contributed by atoms with E-state index in [9.17, 15) is 0 Å². The van der Waals surface area contributed by atoms with Crippen molar-refractivity contribution in [1.29, 1.82) is 0 Å². The van der Waals surface area contributed by atoms with E-state index in [0.717, 1.165) is 11.4 Å². The lowest BCUT2D eigenvalue weighted by Crippen LogP contribution is -2.29. The molecule has 204 valence electrons. The maximum atomic E-state index is 4.27. The van der Waals surface area contributed by atoms with E-state index < -0.39 is 5.41 Å². The third kappa shape index (κ3) is 3.70. The average molecular weight is 542 g/mol. The quantitative estimate of drug-likeness (QED) is 0.225. The fourth-order valence-corrected chi connectivity index (χ4v) is 7.37. The third-order valence-corrected chi connectivity index (χ3v) is 9.23. The highest BCUT2D eigenvalue weighted by Gasteiger charge is 2.46. The molecule has 0 aliphatic heterocycles. The third-order valence-electron chi connectivity index (χ3n) is 9.23. The largest absolute Gasteiger partial charge is 0.356 e. The molecule has 0 fully saturated rings. The van der Waals surface area contributed by atoms with Crippen molar-refractivity contribution in [3.05, 3.63) is 185 Å². The summed E-state index contributed by atoms with van der Waals surface area (Å²) in [5, 5.41) is 3.79. The molecule has 0 aromatic heterocycles. The van der Waals surface area contributed by atoms with Gasteiger partial charge in [0.05, 0.1) is 5.41 Å². The monoisotopic (exact) mass is 541 g/mol. The molecule has 0 saturated carbocycles. The molecule has 5 aromatic rings. The van der Waals surface area contributed by atoms with Crippen molar-refractivity contribution in [2.45, 2.75) is 31.6 Å². The first kappa shape index (κ1) is 26.0. The van der Waals surface area contributed by atoms with Gasteiger partial charge in [0, 0.05) is 16.8 Å². The zero-order chi connectivity index (χ0) is 28.9. The Kier molecular flexibility index (Phi) is 6.13. The molecule has 0 radical (unpaired) electrons. The minimum atomic E-state index is -0.465. The molecule has 42 heavy (non-hydrogen) atoms. The van der Waals surface area contributed by atoms with Gasteiger partial charge >= 0.3 is 0 Å². The Morgan fingerprint density at radius 3 is 1.76 bits per heavy atom. The molecular formula is C41H35N. The molecule has 5 aromatic carbocycles. The molecule has 0 saturated heterocycles. The van der Waals surface area contributed by atoms with Crippen LogP contribution in [0, 0.1) is 0 Å². The predicted molar refractivity (Wildman–Crippen MR) is 178 cm³/mol. The molecule has 0 amide bonds. The van der Waals surface area contributed by atoms with E-state index in [-0.39, 0.29) is 5.41 Å². The van der Waals surface area contributed by atoms with Gasteiger partial charge in [-0.15, -0.1) is 0 Å². The number of allylic oxidation sites excluding steroid dienone is 5. The topological polar surface area (TPSA) is 12.0 Å².